The molecule has 3 N–H and O–H groups in total. The second kappa shape index (κ2) is 13.1. The third-order valence-corrected chi connectivity index (χ3v) is 7.78. The second-order valence-electron chi connectivity index (χ2n) is 10.2. The number of amides is 3. The largest absolute Gasteiger partial charge is 0.492 e. The van der Waals surface area contributed by atoms with Crippen molar-refractivity contribution in [3.63, 3.8) is 0 Å². The predicted molar refractivity (Wildman–Crippen MR) is 153 cm³/mol. The van der Waals surface area contributed by atoms with Crippen molar-refractivity contribution in [2.45, 2.75) is 56.7 Å². The van der Waals surface area contributed by atoms with Gasteiger partial charge in [0.1, 0.15) is 24.4 Å². The van der Waals surface area contributed by atoms with E-state index >= 15 is 0 Å². The minimum absolute atomic E-state index is 0.122. The monoisotopic (exact) mass is 552 g/mol. The first-order chi connectivity index (χ1) is 18.8. The zero-order valence-corrected chi connectivity index (χ0v) is 23.3. The van der Waals surface area contributed by atoms with Gasteiger partial charge in [-0.2, -0.15) is 0 Å². The molecule has 0 bridgehead atoms. The van der Waals surface area contributed by atoms with E-state index in [4.69, 9.17) is 16.3 Å². The first kappa shape index (κ1) is 28.6. The minimum Gasteiger partial charge on any atom is -0.492 e. The molecule has 8 nitrogen and oxygen atoms in total. The molecule has 0 aromatic heterocycles. The molecule has 39 heavy (non-hydrogen) atoms. The van der Waals surface area contributed by atoms with Crippen LogP contribution in [0.2, 0.25) is 5.02 Å². The summed E-state index contributed by atoms with van der Waals surface area (Å²) in [7, 11) is 1.65. The molecule has 1 aliphatic carbocycles. The highest BCUT2D eigenvalue weighted by atomic mass is 35.5. The molecular formula is C30H37ClN4O4. The van der Waals surface area contributed by atoms with Crippen LogP contribution in [0, 0.1) is 0 Å². The molecular weight excluding hydrogens is 516 g/mol. The highest BCUT2D eigenvalue weighted by molar-refractivity contribution is 6.30. The van der Waals surface area contributed by atoms with E-state index in [9.17, 15) is 14.4 Å². The Labute approximate surface area is 235 Å². The highest BCUT2D eigenvalue weighted by Crippen LogP contribution is 2.32. The van der Waals surface area contributed by atoms with Gasteiger partial charge >= 0.3 is 0 Å². The van der Waals surface area contributed by atoms with Gasteiger partial charge in [-0.25, -0.2) is 0 Å². The maximum atomic E-state index is 13.7. The molecule has 1 aliphatic heterocycles. The zero-order valence-electron chi connectivity index (χ0n) is 22.5. The van der Waals surface area contributed by atoms with Crippen LogP contribution < -0.4 is 20.7 Å². The van der Waals surface area contributed by atoms with Crippen LogP contribution in [0.4, 0.5) is 0 Å². The molecule has 9 heteroatoms. The van der Waals surface area contributed by atoms with Gasteiger partial charge in [-0.15, -0.1) is 0 Å². The third kappa shape index (κ3) is 7.19. The summed E-state index contributed by atoms with van der Waals surface area (Å²) >= 11 is 6.16. The average Bonchev–Trinajstić information content (AvgIpc) is 3.42. The summed E-state index contributed by atoms with van der Waals surface area (Å²) in [5, 5.41) is 9.78. The van der Waals surface area contributed by atoms with Gasteiger partial charge in [0, 0.05) is 37.1 Å². The lowest BCUT2D eigenvalue weighted by Gasteiger charge is -2.36. The molecule has 3 amide bonds. The molecule has 2 atom stereocenters. The maximum Gasteiger partial charge on any atom is 0.243 e. The summed E-state index contributed by atoms with van der Waals surface area (Å²) in [6.45, 7) is 2.84. The van der Waals surface area contributed by atoms with E-state index in [1.54, 1.807) is 26.1 Å². The molecule has 4 rings (SSSR count). The quantitative estimate of drug-likeness (QED) is 0.531. The Bertz CT molecular complexity index is 1210. The summed E-state index contributed by atoms with van der Waals surface area (Å²) in [6, 6.07) is 13.3. The number of likely N-dealkylation sites (N-methyl/N-ethyl adjacent to an activating group) is 1. The lowest BCUT2D eigenvalue weighted by atomic mass is 9.94. The first-order valence-corrected chi connectivity index (χ1v) is 13.9. The number of para-hydroxylation sites is 1. The normalized spacial score (nSPS) is 22.8. The molecule has 1 saturated carbocycles. The summed E-state index contributed by atoms with van der Waals surface area (Å²) in [6.07, 6.45) is 7.27. The summed E-state index contributed by atoms with van der Waals surface area (Å²) < 4.78 is 6.05. The number of fused-ring (bicyclic) bond motifs is 1. The van der Waals surface area contributed by atoms with Gasteiger partial charge < -0.3 is 20.3 Å². The Morgan fingerprint density at radius 1 is 1.05 bits per heavy atom. The van der Waals surface area contributed by atoms with Crippen molar-refractivity contribution in [3.8, 4) is 5.75 Å². The first-order valence-electron chi connectivity index (χ1n) is 13.5. The van der Waals surface area contributed by atoms with Crippen molar-refractivity contribution < 1.29 is 19.1 Å². The SMILES string of the molecule is C[C@H]1C(=O)N[C@H](Cc2cccc(Cl)c2)C(=O)NCC=Cc2ccccc2OCCNC2(CCCC2)C(=O)N1C. The van der Waals surface area contributed by atoms with Crippen molar-refractivity contribution in [3.05, 3.63) is 70.8 Å². The molecule has 0 radical (unpaired) electrons. The minimum atomic E-state index is -0.844. The highest BCUT2D eigenvalue weighted by Gasteiger charge is 2.44. The number of hydrogen-bond acceptors (Lipinski definition) is 5. The van der Waals surface area contributed by atoms with Crippen molar-refractivity contribution in [1.29, 1.82) is 0 Å². The summed E-state index contributed by atoms with van der Waals surface area (Å²) in [4.78, 5) is 41.8. The fourth-order valence-corrected chi connectivity index (χ4v) is 5.42. The van der Waals surface area contributed by atoms with Crippen molar-refractivity contribution in [1.82, 2.24) is 20.9 Å². The van der Waals surface area contributed by atoms with Crippen LogP contribution in [0.1, 0.15) is 43.7 Å². The Morgan fingerprint density at radius 3 is 2.59 bits per heavy atom. The molecule has 2 aromatic carbocycles. The van der Waals surface area contributed by atoms with Gasteiger partial charge in [-0.1, -0.05) is 66.9 Å². The number of nitrogens with one attached hydrogen (secondary N) is 3. The molecule has 208 valence electrons. The number of hydrogen-bond donors (Lipinski definition) is 3. The van der Waals surface area contributed by atoms with Gasteiger partial charge in [-0.05, 0) is 43.5 Å². The second-order valence-corrected chi connectivity index (χ2v) is 10.7. The van der Waals surface area contributed by atoms with Crippen LogP contribution in [-0.2, 0) is 20.8 Å². The molecule has 2 aromatic rings. The van der Waals surface area contributed by atoms with Crippen LogP contribution in [0.5, 0.6) is 5.75 Å². The number of ether oxygens (including phenoxy) is 1. The van der Waals surface area contributed by atoms with Crippen molar-refractivity contribution >= 4 is 35.4 Å². The fraction of sp³-hybridized carbons (Fsp3) is 0.433. The lowest BCUT2D eigenvalue weighted by Crippen LogP contribution is -2.61. The van der Waals surface area contributed by atoms with Crippen LogP contribution in [0.3, 0.4) is 0 Å². The predicted octanol–water partition coefficient (Wildman–Crippen LogP) is 3.34. The van der Waals surface area contributed by atoms with Crippen LogP contribution in [0.25, 0.3) is 6.08 Å². The topological polar surface area (TPSA) is 99.8 Å². The molecule has 2 aliphatic rings. The van der Waals surface area contributed by atoms with E-state index in [0.717, 1.165) is 29.7 Å². The molecule has 1 heterocycles. The number of carbonyl (C=O) groups is 3. The number of carbonyl (C=O) groups excluding carboxylic acids is 3. The van der Waals surface area contributed by atoms with Crippen LogP contribution >= 0.6 is 11.6 Å². The van der Waals surface area contributed by atoms with Crippen molar-refractivity contribution in [2.24, 2.45) is 0 Å². The number of halogens is 1. The van der Waals surface area contributed by atoms with Gasteiger partial charge in [0.15, 0.2) is 0 Å². The standard InChI is InChI=1S/C30H37ClN4O4/c1-21-27(36)34-25(20-22-9-7-12-24(31)19-22)28(37)32-16-8-11-23-10-3-4-13-26(23)39-18-17-33-30(14-5-6-15-30)29(38)35(21)2/h3-4,7-13,19,21,25,33H,5-6,14-18,20H2,1-2H3,(H,32,37)(H,34,36)/t21-,25+/m0/s1. The number of nitrogens with zero attached hydrogens (tertiary/aromatic N) is 1. The van der Waals surface area contributed by atoms with E-state index < -0.39 is 23.5 Å². The zero-order chi connectivity index (χ0) is 27.8. The number of benzene rings is 2. The third-order valence-electron chi connectivity index (χ3n) is 7.54. The Kier molecular flexibility index (Phi) is 9.64. The number of rotatable bonds is 2. The Hall–Kier alpha value is -3.36. The van der Waals surface area contributed by atoms with E-state index in [1.165, 1.54) is 4.90 Å². The molecule has 0 unspecified atom stereocenters. The Balaban J connectivity index is 1.61. The van der Waals surface area contributed by atoms with Gasteiger partial charge in [-0.3, -0.25) is 19.7 Å². The maximum absolute atomic E-state index is 13.7. The van der Waals surface area contributed by atoms with Crippen molar-refractivity contribution in [2.75, 3.05) is 26.7 Å². The van der Waals surface area contributed by atoms with E-state index in [2.05, 4.69) is 16.0 Å². The van der Waals surface area contributed by atoms with E-state index in [-0.39, 0.29) is 24.8 Å². The molecule has 0 saturated heterocycles. The van der Waals surface area contributed by atoms with E-state index in [1.807, 2.05) is 48.6 Å². The van der Waals surface area contributed by atoms with Crippen LogP contribution in [-0.4, -0.2) is 67.0 Å². The lowest BCUT2D eigenvalue weighted by molar-refractivity contribution is -0.144. The summed E-state index contributed by atoms with van der Waals surface area (Å²) in [5.74, 6) is -0.113. The van der Waals surface area contributed by atoms with E-state index in [0.29, 0.717) is 31.0 Å². The fourth-order valence-electron chi connectivity index (χ4n) is 5.20. The van der Waals surface area contributed by atoms with Gasteiger partial charge in [0.05, 0.1) is 5.54 Å². The molecule has 1 spiro atoms. The Morgan fingerprint density at radius 2 is 1.82 bits per heavy atom. The van der Waals surface area contributed by atoms with Crippen LogP contribution in [0.15, 0.2) is 54.6 Å². The summed E-state index contributed by atoms with van der Waals surface area (Å²) in [5.41, 5.74) is 0.962. The van der Waals surface area contributed by atoms with Gasteiger partial charge in [0.25, 0.3) is 0 Å². The average molecular weight is 553 g/mol. The smallest absolute Gasteiger partial charge is 0.243 e. The molecule has 1 fully saturated rings. The van der Waals surface area contributed by atoms with Gasteiger partial charge in [0.2, 0.25) is 17.7 Å².